The molecular formula is C21H37NO. The van der Waals surface area contributed by atoms with Crippen LogP contribution in [0.3, 0.4) is 0 Å². The number of nitrogens with zero attached hydrogens (tertiary/aromatic N) is 1. The van der Waals surface area contributed by atoms with Crippen LogP contribution in [0, 0.1) is 11.3 Å². The molecule has 0 saturated carbocycles. The van der Waals surface area contributed by atoms with Crippen molar-refractivity contribution in [3.8, 4) is 0 Å². The van der Waals surface area contributed by atoms with E-state index in [9.17, 15) is 0 Å². The van der Waals surface area contributed by atoms with Gasteiger partial charge in [-0.3, -0.25) is 0 Å². The van der Waals surface area contributed by atoms with Gasteiger partial charge in [0.2, 0.25) is 0 Å². The van der Waals surface area contributed by atoms with Gasteiger partial charge in [0.25, 0.3) is 0 Å². The Kier molecular flexibility index (Phi) is 9.28. The van der Waals surface area contributed by atoms with E-state index in [0.717, 1.165) is 18.7 Å². The Morgan fingerprint density at radius 3 is 2.65 bits per heavy atom. The van der Waals surface area contributed by atoms with Crippen LogP contribution in [0.2, 0.25) is 0 Å². The van der Waals surface area contributed by atoms with Gasteiger partial charge in [0, 0.05) is 5.92 Å². The Balaban J connectivity index is 2.30. The predicted molar refractivity (Wildman–Crippen MR) is 102 cm³/mol. The lowest BCUT2D eigenvalue weighted by molar-refractivity contribution is 0.139. The number of hydrogen-bond acceptors (Lipinski definition) is 2. The molecule has 0 aromatic carbocycles. The van der Waals surface area contributed by atoms with Crippen LogP contribution in [0.15, 0.2) is 29.0 Å². The van der Waals surface area contributed by atoms with Crippen molar-refractivity contribution >= 4 is 5.71 Å². The summed E-state index contributed by atoms with van der Waals surface area (Å²) in [7, 11) is 0. The predicted octanol–water partition coefficient (Wildman–Crippen LogP) is 6.68. The standard InChI is InChI=1S/C21H37NO/c1-6-7-8-9-10-11-17-23-22-19(3)14-15-20-18(2)13-12-16-21(20,4)5/h13-15,20H,6-12,16-17H2,1-5H3/b15-14+,22-19-. The van der Waals surface area contributed by atoms with E-state index < -0.39 is 0 Å². The van der Waals surface area contributed by atoms with E-state index in [1.807, 2.05) is 6.92 Å². The van der Waals surface area contributed by atoms with Crippen LogP contribution in [-0.4, -0.2) is 12.3 Å². The lowest BCUT2D eigenvalue weighted by atomic mass is 9.68. The van der Waals surface area contributed by atoms with Gasteiger partial charge in [0.15, 0.2) is 0 Å². The fourth-order valence-corrected chi connectivity index (χ4v) is 3.34. The first-order valence-electron chi connectivity index (χ1n) is 9.49. The fourth-order valence-electron chi connectivity index (χ4n) is 3.34. The smallest absolute Gasteiger partial charge is 0.117 e. The molecular weight excluding hydrogens is 282 g/mol. The molecule has 0 N–H and O–H groups in total. The molecule has 1 unspecified atom stereocenters. The molecule has 0 aliphatic heterocycles. The largest absolute Gasteiger partial charge is 0.396 e. The SMILES string of the molecule is CCCCCCCCO/N=C(C)\C=C\C1C(C)=CCCC1(C)C. The van der Waals surface area contributed by atoms with Crippen molar-refractivity contribution < 1.29 is 4.84 Å². The maximum Gasteiger partial charge on any atom is 0.117 e. The summed E-state index contributed by atoms with van der Waals surface area (Å²) in [6.45, 7) is 12.0. The zero-order valence-electron chi connectivity index (χ0n) is 16.0. The summed E-state index contributed by atoms with van der Waals surface area (Å²) >= 11 is 0. The average Bonchev–Trinajstić information content (AvgIpc) is 2.49. The Labute approximate surface area is 144 Å². The summed E-state index contributed by atoms with van der Waals surface area (Å²) in [5, 5.41) is 4.23. The molecule has 0 amide bonds. The van der Waals surface area contributed by atoms with E-state index >= 15 is 0 Å². The molecule has 1 aliphatic carbocycles. The van der Waals surface area contributed by atoms with Crippen LogP contribution in [0.1, 0.15) is 86.0 Å². The van der Waals surface area contributed by atoms with E-state index in [0.29, 0.717) is 11.3 Å². The molecule has 1 aliphatic rings. The van der Waals surface area contributed by atoms with Crippen molar-refractivity contribution in [3.05, 3.63) is 23.8 Å². The van der Waals surface area contributed by atoms with Crippen molar-refractivity contribution in [1.29, 1.82) is 0 Å². The maximum absolute atomic E-state index is 5.44. The summed E-state index contributed by atoms with van der Waals surface area (Å²) in [6.07, 6.45) is 17.0. The molecule has 0 aromatic heterocycles. The van der Waals surface area contributed by atoms with Crippen molar-refractivity contribution in [2.45, 2.75) is 86.0 Å². The number of allylic oxidation sites excluding steroid dienone is 4. The topological polar surface area (TPSA) is 21.6 Å². The minimum atomic E-state index is 0.342. The number of unbranched alkanes of at least 4 members (excludes halogenated alkanes) is 5. The van der Waals surface area contributed by atoms with Gasteiger partial charge in [-0.1, -0.05) is 69.3 Å². The molecule has 0 radical (unpaired) electrons. The van der Waals surface area contributed by atoms with Crippen LogP contribution >= 0.6 is 0 Å². The van der Waals surface area contributed by atoms with Gasteiger partial charge in [-0.05, 0) is 51.0 Å². The molecule has 132 valence electrons. The highest BCUT2D eigenvalue weighted by Gasteiger charge is 2.30. The molecule has 0 spiro atoms. The Morgan fingerprint density at radius 1 is 1.26 bits per heavy atom. The summed E-state index contributed by atoms with van der Waals surface area (Å²) < 4.78 is 0. The van der Waals surface area contributed by atoms with Crippen LogP contribution in [0.5, 0.6) is 0 Å². The van der Waals surface area contributed by atoms with Gasteiger partial charge in [-0.25, -0.2) is 0 Å². The maximum atomic E-state index is 5.44. The highest BCUT2D eigenvalue weighted by Crippen LogP contribution is 2.41. The molecule has 23 heavy (non-hydrogen) atoms. The zero-order valence-corrected chi connectivity index (χ0v) is 16.0. The molecule has 0 heterocycles. The molecule has 1 atom stereocenters. The lowest BCUT2D eigenvalue weighted by Crippen LogP contribution is -2.26. The van der Waals surface area contributed by atoms with Gasteiger partial charge in [0.1, 0.15) is 6.61 Å². The quantitative estimate of drug-likeness (QED) is 0.190. The second kappa shape index (κ2) is 10.7. The average molecular weight is 320 g/mol. The van der Waals surface area contributed by atoms with Gasteiger partial charge >= 0.3 is 0 Å². The van der Waals surface area contributed by atoms with Crippen LogP contribution in [0.25, 0.3) is 0 Å². The monoisotopic (exact) mass is 319 g/mol. The van der Waals surface area contributed by atoms with E-state index in [1.54, 1.807) is 0 Å². The molecule has 0 aromatic rings. The Hall–Kier alpha value is -1.05. The zero-order chi connectivity index (χ0) is 17.1. The minimum Gasteiger partial charge on any atom is -0.396 e. The summed E-state index contributed by atoms with van der Waals surface area (Å²) in [4.78, 5) is 5.44. The van der Waals surface area contributed by atoms with Gasteiger partial charge in [0.05, 0.1) is 5.71 Å². The first-order valence-corrected chi connectivity index (χ1v) is 9.49. The molecule has 0 bridgehead atoms. The van der Waals surface area contributed by atoms with Crippen molar-refractivity contribution in [1.82, 2.24) is 0 Å². The first-order chi connectivity index (χ1) is 11.0. The second-order valence-corrected chi connectivity index (χ2v) is 7.65. The van der Waals surface area contributed by atoms with Crippen molar-refractivity contribution in [3.63, 3.8) is 0 Å². The molecule has 2 nitrogen and oxygen atoms in total. The van der Waals surface area contributed by atoms with E-state index in [2.05, 4.69) is 51.1 Å². The van der Waals surface area contributed by atoms with Gasteiger partial charge in [-0.15, -0.1) is 0 Å². The van der Waals surface area contributed by atoms with Crippen molar-refractivity contribution in [2.75, 3.05) is 6.61 Å². The first kappa shape index (κ1) is 20.0. The normalized spacial score (nSPS) is 21.5. The Morgan fingerprint density at radius 2 is 1.96 bits per heavy atom. The number of rotatable bonds is 10. The molecule has 0 fully saturated rings. The van der Waals surface area contributed by atoms with Crippen molar-refractivity contribution in [2.24, 2.45) is 16.5 Å². The third-order valence-corrected chi connectivity index (χ3v) is 4.92. The highest BCUT2D eigenvalue weighted by molar-refractivity contribution is 5.92. The third-order valence-electron chi connectivity index (χ3n) is 4.92. The summed E-state index contributed by atoms with van der Waals surface area (Å²) in [5.74, 6) is 0.514. The number of oxime groups is 1. The third kappa shape index (κ3) is 7.85. The fraction of sp³-hybridized carbons (Fsp3) is 0.762. The second-order valence-electron chi connectivity index (χ2n) is 7.65. The minimum absolute atomic E-state index is 0.342. The number of hydrogen-bond donors (Lipinski definition) is 0. The van der Waals surface area contributed by atoms with Gasteiger partial charge in [-0.2, -0.15) is 0 Å². The van der Waals surface area contributed by atoms with Crippen LogP contribution < -0.4 is 0 Å². The highest BCUT2D eigenvalue weighted by atomic mass is 16.6. The van der Waals surface area contributed by atoms with E-state index in [1.165, 1.54) is 50.5 Å². The van der Waals surface area contributed by atoms with Gasteiger partial charge < -0.3 is 4.84 Å². The van der Waals surface area contributed by atoms with Crippen LogP contribution in [-0.2, 0) is 4.84 Å². The molecule has 1 rings (SSSR count). The Bertz CT molecular complexity index is 418. The summed E-state index contributed by atoms with van der Waals surface area (Å²) in [6, 6.07) is 0. The lowest BCUT2D eigenvalue weighted by Gasteiger charge is -2.36. The molecule has 2 heteroatoms. The van der Waals surface area contributed by atoms with Crippen LogP contribution in [0.4, 0.5) is 0 Å². The van der Waals surface area contributed by atoms with E-state index in [4.69, 9.17) is 4.84 Å². The van der Waals surface area contributed by atoms with E-state index in [-0.39, 0.29) is 0 Å². The molecule has 0 saturated heterocycles. The summed E-state index contributed by atoms with van der Waals surface area (Å²) in [5.41, 5.74) is 2.79.